The zero-order valence-corrected chi connectivity index (χ0v) is 12.4. The lowest BCUT2D eigenvalue weighted by Gasteiger charge is -2.34. The van der Waals surface area contributed by atoms with Gasteiger partial charge in [0.05, 0.1) is 13.1 Å². The Balaban J connectivity index is 2.96. The van der Waals surface area contributed by atoms with Crippen molar-refractivity contribution in [3.8, 4) is 0 Å². The van der Waals surface area contributed by atoms with Crippen LogP contribution < -0.4 is 0 Å². The Morgan fingerprint density at radius 3 is 2.40 bits per heavy atom. The van der Waals surface area contributed by atoms with Crippen LogP contribution in [0.2, 0.25) is 0 Å². The number of halogens is 2. The number of alkyl halides is 2. The van der Waals surface area contributed by atoms with E-state index in [0.29, 0.717) is 0 Å². The van der Waals surface area contributed by atoms with E-state index in [-0.39, 0.29) is 12.1 Å². The van der Waals surface area contributed by atoms with E-state index in [4.69, 9.17) is 4.74 Å². The van der Waals surface area contributed by atoms with Crippen LogP contribution in [0, 0.1) is 0 Å². The molecule has 1 aliphatic heterocycles. The first kappa shape index (κ1) is 16.4. The Hall–Kier alpha value is -1.66. The van der Waals surface area contributed by atoms with Crippen LogP contribution in [-0.4, -0.2) is 60.4 Å². The molecule has 1 aliphatic rings. The Morgan fingerprint density at radius 2 is 1.95 bits per heavy atom. The average molecular weight is 290 g/mol. The summed E-state index contributed by atoms with van der Waals surface area (Å²) in [5, 5.41) is 0. The van der Waals surface area contributed by atoms with Gasteiger partial charge in [-0.2, -0.15) is 8.78 Å². The van der Waals surface area contributed by atoms with E-state index in [1.165, 1.54) is 11.1 Å². The fraction of sp³-hybridized carbons (Fsp3) is 0.692. The highest BCUT2D eigenvalue weighted by Gasteiger charge is 2.48. The number of carbonyl (C=O) groups is 2. The second-order valence-electron chi connectivity index (χ2n) is 5.99. The van der Waals surface area contributed by atoms with Gasteiger partial charge in [-0.25, -0.2) is 4.79 Å². The molecule has 1 amide bonds. The minimum Gasteiger partial charge on any atom is -0.444 e. The van der Waals surface area contributed by atoms with Gasteiger partial charge in [-0.05, 0) is 20.8 Å². The molecule has 1 heterocycles. The summed E-state index contributed by atoms with van der Waals surface area (Å²) in [4.78, 5) is 25.8. The molecule has 0 aromatic carbocycles. The molecule has 0 bridgehead atoms. The molecular weight excluding hydrogens is 270 g/mol. The van der Waals surface area contributed by atoms with E-state index < -0.39 is 29.9 Å². The second kappa shape index (κ2) is 5.38. The smallest absolute Gasteiger partial charge is 0.410 e. The van der Waals surface area contributed by atoms with Crippen molar-refractivity contribution in [3.05, 3.63) is 11.8 Å². The summed E-state index contributed by atoms with van der Waals surface area (Å²) >= 11 is 0. The largest absolute Gasteiger partial charge is 0.444 e. The molecule has 5 nitrogen and oxygen atoms in total. The van der Waals surface area contributed by atoms with Crippen molar-refractivity contribution < 1.29 is 23.1 Å². The van der Waals surface area contributed by atoms with Gasteiger partial charge in [0.2, 0.25) is 5.78 Å². The van der Waals surface area contributed by atoms with Crippen molar-refractivity contribution in [1.82, 2.24) is 9.80 Å². The number of nitrogens with zero attached hydrogens (tertiary/aromatic N) is 2. The predicted octanol–water partition coefficient (Wildman–Crippen LogP) is 1.89. The van der Waals surface area contributed by atoms with Crippen LogP contribution in [0.3, 0.4) is 0 Å². The summed E-state index contributed by atoms with van der Waals surface area (Å²) in [5.41, 5.74) is -0.892. The molecule has 0 aromatic rings. The minimum absolute atomic E-state index is 0.114. The highest BCUT2D eigenvalue weighted by Crippen LogP contribution is 2.28. The van der Waals surface area contributed by atoms with Gasteiger partial charge < -0.3 is 9.64 Å². The Kier molecular flexibility index (Phi) is 4.41. The zero-order chi connectivity index (χ0) is 15.7. The lowest BCUT2D eigenvalue weighted by Crippen LogP contribution is -2.53. The SMILES string of the molecule is CN(C)/C=C1\CN(C(=O)OC(C)(C)C)CC(F)(F)C1=O. The standard InChI is InChI=1S/C13H20F2N2O3/c1-12(2,3)20-11(19)17-7-9(6-16(4)5)10(18)13(14,15)8-17/h6H,7-8H2,1-5H3/b9-6+. The molecule has 1 rings (SSSR count). The second-order valence-corrected chi connectivity index (χ2v) is 5.99. The molecule has 1 fully saturated rings. The molecular formula is C13H20F2N2O3. The van der Waals surface area contributed by atoms with Crippen molar-refractivity contribution in [1.29, 1.82) is 0 Å². The number of hydrogen-bond donors (Lipinski definition) is 0. The number of amides is 1. The maximum Gasteiger partial charge on any atom is 0.410 e. The van der Waals surface area contributed by atoms with Crippen LogP contribution in [-0.2, 0) is 9.53 Å². The van der Waals surface area contributed by atoms with Gasteiger partial charge in [-0.1, -0.05) is 0 Å². The number of likely N-dealkylation sites (tertiary alicyclic amines) is 1. The topological polar surface area (TPSA) is 49.9 Å². The number of piperidine rings is 1. The molecule has 0 radical (unpaired) electrons. The molecule has 1 saturated heterocycles. The molecule has 20 heavy (non-hydrogen) atoms. The molecule has 0 atom stereocenters. The summed E-state index contributed by atoms with van der Waals surface area (Å²) in [6.07, 6.45) is 0.446. The van der Waals surface area contributed by atoms with Gasteiger partial charge >= 0.3 is 12.0 Å². The highest BCUT2D eigenvalue weighted by atomic mass is 19.3. The fourth-order valence-corrected chi connectivity index (χ4v) is 1.75. The number of rotatable bonds is 1. The van der Waals surface area contributed by atoms with Crippen molar-refractivity contribution >= 4 is 11.9 Å². The average Bonchev–Trinajstić information content (AvgIpc) is 2.21. The summed E-state index contributed by atoms with van der Waals surface area (Å²) in [6.45, 7) is 3.81. The van der Waals surface area contributed by atoms with Crippen LogP contribution in [0.15, 0.2) is 11.8 Å². The van der Waals surface area contributed by atoms with Crippen LogP contribution >= 0.6 is 0 Å². The van der Waals surface area contributed by atoms with Crippen molar-refractivity contribution in [2.24, 2.45) is 0 Å². The van der Waals surface area contributed by atoms with Gasteiger partial charge in [0.1, 0.15) is 5.60 Å². The number of ketones is 1. The third-order valence-corrected chi connectivity index (χ3v) is 2.44. The molecule has 114 valence electrons. The molecule has 0 unspecified atom stereocenters. The van der Waals surface area contributed by atoms with E-state index in [0.717, 1.165) is 4.90 Å². The number of Topliss-reactive ketones (excluding diaryl/α,β-unsaturated/α-hetero) is 1. The monoisotopic (exact) mass is 290 g/mol. The van der Waals surface area contributed by atoms with Gasteiger partial charge in [0, 0.05) is 25.9 Å². The molecule has 0 aromatic heterocycles. The minimum atomic E-state index is -3.59. The fourth-order valence-electron chi connectivity index (χ4n) is 1.75. The summed E-state index contributed by atoms with van der Waals surface area (Å²) < 4.78 is 32.4. The van der Waals surface area contributed by atoms with E-state index in [9.17, 15) is 18.4 Å². The van der Waals surface area contributed by atoms with E-state index >= 15 is 0 Å². The maximum atomic E-state index is 13.7. The van der Waals surface area contributed by atoms with Crippen LogP contribution in [0.5, 0.6) is 0 Å². The lowest BCUT2D eigenvalue weighted by atomic mass is 10.0. The molecule has 0 spiro atoms. The van der Waals surface area contributed by atoms with Gasteiger partial charge in [0.25, 0.3) is 0 Å². The molecule has 0 saturated carbocycles. The lowest BCUT2D eigenvalue weighted by molar-refractivity contribution is -0.144. The van der Waals surface area contributed by atoms with Gasteiger partial charge in [-0.3, -0.25) is 9.69 Å². The third kappa shape index (κ3) is 4.18. The van der Waals surface area contributed by atoms with E-state index in [1.807, 2.05) is 0 Å². The quantitative estimate of drug-likeness (QED) is 0.692. The van der Waals surface area contributed by atoms with Crippen LogP contribution in [0.4, 0.5) is 13.6 Å². The van der Waals surface area contributed by atoms with Crippen LogP contribution in [0.1, 0.15) is 20.8 Å². The van der Waals surface area contributed by atoms with Crippen molar-refractivity contribution in [2.45, 2.75) is 32.3 Å². The van der Waals surface area contributed by atoms with Crippen LogP contribution in [0.25, 0.3) is 0 Å². The van der Waals surface area contributed by atoms with Crippen molar-refractivity contribution in [2.75, 3.05) is 27.2 Å². The first-order valence-corrected chi connectivity index (χ1v) is 6.20. The summed E-state index contributed by atoms with van der Waals surface area (Å²) in [5.74, 6) is -4.83. The zero-order valence-electron chi connectivity index (χ0n) is 12.4. The van der Waals surface area contributed by atoms with E-state index in [2.05, 4.69) is 0 Å². The van der Waals surface area contributed by atoms with Gasteiger partial charge in [-0.15, -0.1) is 0 Å². The Bertz CT molecular complexity index is 439. The third-order valence-electron chi connectivity index (χ3n) is 2.44. The highest BCUT2D eigenvalue weighted by molar-refractivity contribution is 6.02. The normalized spacial score (nSPS) is 21.1. The Morgan fingerprint density at radius 1 is 1.40 bits per heavy atom. The number of carbonyl (C=O) groups excluding carboxylic acids is 2. The number of hydrogen-bond acceptors (Lipinski definition) is 4. The Labute approximate surface area is 117 Å². The first-order valence-electron chi connectivity index (χ1n) is 6.20. The summed E-state index contributed by atoms with van der Waals surface area (Å²) in [7, 11) is 3.23. The first-order chi connectivity index (χ1) is 8.92. The van der Waals surface area contributed by atoms with Gasteiger partial charge in [0.15, 0.2) is 0 Å². The maximum absolute atomic E-state index is 13.7. The molecule has 0 aliphatic carbocycles. The van der Waals surface area contributed by atoms with Crippen molar-refractivity contribution in [3.63, 3.8) is 0 Å². The molecule has 0 N–H and O–H groups in total. The predicted molar refractivity (Wildman–Crippen MR) is 69.5 cm³/mol. The van der Waals surface area contributed by atoms with E-state index in [1.54, 1.807) is 34.9 Å². The summed E-state index contributed by atoms with van der Waals surface area (Å²) in [6, 6.07) is 0. The number of ether oxygens (including phenoxy) is 1. The molecule has 7 heteroatoms.